The van der Waals surface area contributed by atoms with Crippen molar-refractivity contribution in [3.63, 3.8) is 0 Å². The predicted molar refractivity (Wildman–Crippen MR) is 198 cm³/mol. The first kappa shape index (κ1) is 33.7. The van der Waals surface area contributed by atoms with Crippen molar-refractivity contribution < 1.29 is 24.2 Å². The molecule has 1 unspecified atom stereocenters. The molecule has 9 heteroatoms. The molecule has 3 atom stereocenters. The standard InChI is InChI=1S/C41H48N4O5/c1-24-8-7-9-31-34(47)18-33-38(37(24)31)25(2)19-45(33)39(48)41-20-40(41,21-41)22-50-36-17-32(43-5)29(16-35(36)49-6)15-28(14-26(3)44-23-46)27-10-12-30(42-4)13-11-27/h7-13,15-17,23,25-26,34,42-43,47H,14,18-22H2,1-6H3,(H,44,46)/b28-15+/t25-,26-,34?,40?,41?/m1/s1. The molecule has 0 saturated heterocycles. The normalized spacial score (nSPS) is 25.2. The molecule has 4 aliphatic rings. The van der Waals surface area contributed by atoms with E-state index in [1.165, 1.54) is 5.57 Å². The van der Waals surface area contributed by atoms with E-state index in [0.717, 1.165) is 69.7 Å². The minimum atomic E-state index is -0.605. The highest BCUT2D eigenvalue weighted by Crippen LogP contribution is 2.86. The van der Waals surface area contributed by atoms with E-state index < -0.39 is 11.5 Å². The van der Waals surface area contributed by atoms with Crippen molar-refractivity contribution in [2.45, 2.75) is 58.6 Å². The van der Waals surface area contributed by atoms with Crippen molar-refractivity contribution in [1.82, 2.24) is 10.2 Å². The fourth-order valence-electron chi connectivity index (χ4n) is 8.45. The van der Waals surface area contributed by atoms with E-state index >= 15 is 0 Å². The summed E-state index contributed by atoms with van der Waals surface area (Å²) in [7, 11) is 5.42. The maximum Gasteiger partial charge on any atom is 0.233 e. The number of aliphatic hydroxyl groups excluding tert-OH is 1. The van der Waals surface area contributed by atoms with Crippen molar-refractivity contribution in [1.29, 1.82) is 0 Å². The lowest BCUT2D eigenvalue weighted by Gasteiger charge is -2.29. The summed E-state index contributed by atoms with van der Waals surface area (Å²) in [5.41, 5.74) is 9.87. The molecular weight excluding hydrogens is 628 g/mol. The van der Waals surface area contributed by atoms with Crippen LogP contribution in [0.2, 0.25) is 0 Å². The summed E-state index contributed by atoms with van der Waals surface area (Å²) in [6.07, 6.45) is 5.00. The molecule has 50 heavy (non-hydrogen) atoms. The minimum Gasteiger partial charge on any atom is -0.493 e. The Bertz CT molecular complexity index is 1890. The number of methoxy groups -OCH3 is 1. The Hall–Kier alpha value is -4.76. The van der Waals surface area contributed by atoms with Crippen LogP contribution in [0.5, 0.6) is 11.5 Å². The van der Waals surface area contributed by atoms with Crippen molar-refractivity contribution in [3.05, 3.63) is 88.1 Å². The maximum atomic E-state index is 14.2. The monoisotopic (exact) mass is 676 g/mol. The van der Waals surface area contributed by atoms with Crippen LogP contribution in [-0.4, -0.2) is 62.7 Å². The topological polar surface area (TPSA) is 112 Å². The number of nitrogens with one attached hydrogen (secondary N) is 3. The van der Waals surface area contributed by atoms with Gasteiger partial charge in [0.05, 0.1) is 25.2 Å². The Labute approximate surface area is 294 Å². The number of carbonyl (C=O) groups excluding carboxylic acids is 2. The number of amides is 2. The largest absolute Gasteiger partial charge is 0.493 e. The second kappa shape index (κ2) is 12.8. The maximum absolute atomic E-state index is 14.2. The molecule has 0 bridgehead atoms. The van der Waals surface area contributed by atoms with Gasteiger partial charge in [0, 0.05) is 73.1 Å². The minimum absolute atomic E-state index is 0.0562. The van der Waals surface area contributed by atoms with Crippen LogP contribution in [0, 0.1) is 23.7 Å². The number of benzene rings is 3. The Morgan fingerprint density at radius 2 is 1.86 bits per heavy atom. The molecule has 1 aliphatic heterocycles. The summed E-state index contributed by atoms with van der Waals surface area (Å²) in [5, 5.41) is 20.4. The Morgan fingerprint density at radius 3 is 2.54 bits per heavy atom. The molecule has 3 aliphatic carbocycles. The molecule has 262 valence electrons. The van der Waals surface area contributed by atoms with Crippen LogP contribution in [-0.2, 0) is 9.59 Å². The second-order valence-electron chi connectivity index (χ2n) is 14.7. The molecular formula is C41H48N4O5. The van der Waals surface area contributed by atoms with Crippen molar-refractivity contribution >= 4 is 40.9 Å². The van der Waals surface area contributed by atoms with Crippen LogP contribution >= 0.6 is 0 Å². The zero-order chi connectivity index (χ0) is 35.4. The first-order valence-electron chi connectivity index (χ1n) is 17.6. The molecule has 1 heterocycles. The van der Waals surface area contributed by atoms with E-state index in [4.69, 9.17) is 9.47 Å². The van der Waals surface area contributed by atoms with Gasteiger partial charge < -0.3 is 35.4 Å². The third-order valence-electron chi connectivity index (χ3n) is 11.5. The zero-order valence-corrected chi connectivity index (χ0v) is 29.9. The van der Waals surface area contributed by atoms with Gasteiger partial charge in [-0.05, 0) is 90.8 Å². The summed E-state index contributed by atoms with van der Waals surface area (Å²) in [4.78, 5) is 27.4. The number of rotatable bonds is 13. The van der Waals surface area contributed by atoms with Crippen molar-refractivity contribution in [3.8, 4) is 11.5 Å². The van der Waals surface area contributed by atoms with E-state index in [-0.39, 0.29) is 23.3 Å². The second-order valence-corrected chi connectivity index (χ2v) is 14.7. The molecule has 3 aromatic carbocycles. The van der Waals surface area contributed by atoms with Gasteiger partial charge in [0.1, 0.15) is 0 Å². The highest BCUT2D eigenvalue weighted by atomic mass is 16.5. The van der Waals surface area contributed by atoms with E-state index in [2.05, 4.69) is 54.1 Å². The average Bonchev–Trinajstić information content (AvgIpc) is 3.92. The zero-order valence-electron chi connectivity index (χ0n) is 29.9. The summed E-state index contributed by atoms with van der Waals surface area (Å²) < 4.78 is 12.3. The Kier molecular flexibility index (Phi) is 8.67. The van der Waals surface area contributed by atoms with Crippen LogP contribution in [0.1, 0.15) is 73.5 Å². The number of aliphatic hydroxyl groups is 1. The van der Waals surface area contributed by atoms with Gasteiger partial charge in [-0.3, -0.25) is 9.59 Å². The van der Waals surface area contributed by atoms with E-state index in [0.29, 0.717) is 37.5 Å². The fourth-order valence-corrected chi connectivity index (χ4v) is 8.45. The van der Waals surface area contributed by atoms with Gasteiger partial charge in [-0.15, -0.1) is 0 Å². The first-order chi connectivity index (χ1) is 24.1. The number of carbonyl (C=O) groups is 2. The summed E-state index contributed by atoms with van der Waals surface area (Å²) in [6.45, 7) is 7.36. The molecule has 0 spiro atoms. The van der Waals surface area contributed by atoms with Crippen LogP contribution in [0.4, 0.5) is 11.4 Å². The molecule has 9 nitrogen and oxygen atoms in total. The van der Waals surface area contributed by atoms with Gasteiger partial charge in [0.15, 0.2) is 11.5 Å². The van der Waals surface area contributed by atoms with Gasteiger partial charge in [-0.25, -0.2) is 0 Å². The third-order valence-corrected chi connectivity index (χ3v) is 11.5. The quantitative estimate of drug-likeness (QED) is 0.119. The lowest BCUT2D eigenvalue weighted by atomic mass is 9.81. The number of ether oxygens (including phenoxy) is 2. The summed E-state index contributed by atoms with van der Waals surface area (Å²) in [6, 6.07) is 18.2. The number of fused-ring (bicyclic) bond motifs is 3. The molecule has 4 N–H and O–H groups in total. The van der Waals surface area contributed by atoms with E-state index in [1.54, 1.807) is 7.11 Å². The van der Waals surface area contributed by atoms with Crippen molar-refractivity contribution in [2.24, 2.45) is 16.7 Å². The highest BCUT2D eigenvalue weighted by molar-refractivity contribution is 5.96. The molecule has 2 saturated carbocycles. The van der Waals surface area contributed by atoms with Gasteiger partial charge in [-0.1, -0.05) is 37.3 Å². The van der Waals surface area contributed by atoms with Crippen LogP contribution in [0.15, 0.2) is 60.3 Å². The summed E-state index contributed by atoms with van der Waals surface area (Å²) in [5.74, 6) is 1.64. The van der Waals surface area contributed by atoms with Crippen molar-refractivity contribution in [2.75, 3.05) is 45.0 Å². The van der Waals surface area contributed by atoms with E-state index in [1.807, 2.05) is 62.3 Å². The first-order valence-corrected chi connectivity index (χ1v) is 17.6. The van der Waals surface area contributed by atoms with Gasteiger partial charge in [0.2, 0.25) is 12.3 Å². The highest BCUT2D eigenvalue weighted by Gasteiger charge is 2.88. The van der Waals surface area contributed by atoms with Gasteiger partial charge >= 0.3 is 0 Å². The van der Waals surface area contributed by atoms with Crippen LogP contribution in [0.25, 0.3) is 17.2 Å². The number of aryl methyl sites for hydroxylation is 1. The Morgan fingerprint density at radius 1 is 1.10 bits per heavy atom. The van der Waals surface area contributed by atoms with Gasteiger partial charge in [0.25, 0.3) is 0 Å². The number of hydrogen-bond acceptors (Lipinski definition) is 7. The van der Waals surface area contributed by atoms with Crippen LogP contribution in [0.3, 0.4) is 0 Å². The fraction of sp³-hybridized carbons (Fsp3) is 0.415. The molecule has 7 rings (SSSR count). The third kappa shape index (κ3) is 5.61. The molecule has 2 fully saturated rings. The lowest BCUT2D eigenvalue weighted by molar-refractivity contribution is -0.133. The SMILES string of the molecule is CNc1ccc(/C(=C/c2cc(OC)c(OCC34CC3(C(=O)N3C[C@@H](C)C5=C3CC(O)c3cccc(C)c35)C4)cc2NC)C[C@@H](C)NC=O)cc1. The van der Waals surface area contributed by atoms with E-state index in [9.17, 15) is 14.7 Å². The number of anilines is 2. The average molecular weight is 677 g/mol. The summed E-state index contributed by atoms with van der Waals surface area (Å²) >= 11 is 0. The molecule has 0 aromatic heterocycles. The molecule has 2 amide bonds. The number of hydrogen-bond donors (Lipinski definition) is 4. The van der Waals surface area contributed by atoms with Crippen LogP contribution < -0.4 is 25.4 Å². The Balaban J connectivity index is 1.10. The molecule has 3 aromatic rings. The smallest absolute Gasteiger partial charge is 0.233 e. The lowest BCUT2D eigenvalue weighted by Crippen LogP contribution is -2.33. The predicted octanol–water partition coefficient (Wildman–Crippen LogP) is 6.64. The molecule has 0 radical (unpaired) electrons. The number of nitrogens with zero attached hydrogens (tertiary/aromatic N) is 1. The van der Waals surface area contributed by atoms with Gasteiger partial charge in [-0.2, -0.15) is 0 Å².